The molecule has 1 aliphatic rings. The molecule has 15 heteroatoms. The fourth-order valence-corrected chi connectivity index (χ4v) is 5.20. The number of unbranched alkanes of at least 4 members (excludes halogenated alkanes) is 4. The number of carbonyl (C=O) groups is 5. The molecule has 1 saturated carbocycles. The first kappa shape index (κ1) is 42.5. The van der Waals surface area contributed by atoms with Crippen LogP contribution in [-0.2, 0) is 35.0 Å². The first-order valence-electron chi connectivity index (χ1n) is 17.5. The molecule has 6 N–H and O–H groups in total. The molecule has 0 heterocycles. The van der Waals surface area contributed by atoms with E-state index in [0.29, 0.717) is 51.0 Å². The molecule has 1 aliphatic carbocycles. The van der Waals surface area contributed by atoms with Crippen LogP contribution in [0.5, 0.6) is 0 Å². The summed E-state index contributed by atoms with van der Waals surface area (Å²) in [5.41, 5.74) is 4.05. The molecule has 3 atom stereocenters. The van der Waals surface area contributed by atoms with E-state index in [-0.39, 0.29) is 39.0 Å². The monoisotopic (exact) mass is 715 g/mol. The van der Waals surface area contributed by atoms with E-state index in [9.17, 15) is 24.0 Å². The molecule has 15 nitrogen and oxygen atoms in total. The summed E-state index contributed by atoms with van der Waals surface area (Å²) in [5.74, 6) is 1.32. The number of hydrogen-bond donors (Lipinski definition) is 6. The lowest BCUT2D eigenvalue weighted by Gasteiger charge is -2.37. The minimum Gasteiger partial charge on any atom is -0.465 e. The summed E-state index contributed by atoms with van der Waals surface area (Å²) in [6, 6.07) is 7.57. The van der Waals surface area contributed by atoms with Crippen LogP contribution in [0.4, 0.5) is 9.59 Å². The lowest BCUT2D eigenvalue weighted by Crippen LogP contribution is -2.55. The van der Waals surface area contributed by atoms with E-state index in [0.717, 1.165) is 18.4 Å². The van der Waals surface area contributed by atoms with Gasteiger partial charge in [0.1, 0.15) is 18.8 Å². The second kappa shape index (κ2) is 25.3. The number of hydrogen-bond acceptors (Lipinski definition) is 11. The van der Waals surface area contributed by atoms with E-state index >= 15 is 0 Å². The maximum Gasteiger partial charge on any atom is 0.407 e. The Labute approximate surface area is 299 Å². The molecule has 0 spiro atoms. The molecule has 0 aliphatic heterocycles. The zero-order valence-electron chi connectivity index (χ0n) is 29.3. The summed E-state index contributed by atoms with van der Waals surface area (Å²) in [5, 5.41) is 22.6. The van der Waals surface area contributed by atoms with E-state index in [2.05, 4.69) is 16.6 Å². The predicted octanol–water partition coefficient (Wildman–Crippen LogP) is 3.38. The predicted molar refractivity (Wildman–Crippen MR) is 186 cm³/mol. The number of ether oxygens (including phenoxy) is 3. The highest BCUT2D eigenvalue weighted by Crippen LogP contribution is 2.31. The average Bonchev–Trinajstić information content (AvgIpc) is 3.96. The van der Waals surface area contributed by atoms with Gasteiger partial charge < -0.3 is 24.8 Å². The summed E-state index contributed by atoms with van der Waals surface area (Å²) < 4.78 is 17.0. The van der Waals surface area contributed by atoms with Gasteiger partial charge in [0, 0.05) is 32.4 Å². The number of esters is 1. The minimum atomic E-state index is -1.14. The van der Waals surface area contributed by atoms with Crippen LogP contribution in [0.25, 0.3) is 0 Å². The van der Waals surface area contributed by atoms with Gasteiger partial charge in [-0.25, -0.2) is 20.5 Å². The molecule has 2 rings (SSSR count). The van der Waals surface area contributed by atoms with Crippen molar-refractivity contribution in [3.8, 4) is 12.3 Å². The van der Waals surface area contributed by atoms with Crippen molar-refractivity contribution in [2.75, 3.05) is 32.8 Å². The van der Waals surface area contributed by atoms with Gasteiger partial charge in [-0.05, 0) is 56.9 Å². The molecule has 0 saturated heterocycles. The van der Waals surface area contributed by atoms with E-state index in [1.54, 1.807) is 22.8 Å². The Morgan fingerprint density at radius 3 is 2.06 bits per heavy atom. The van der Waals surface area contributed by atoms with E-state index in [4.69, 9.17) is 31.0 Å². The summed E-state index contributed by atoms with van der Waals surface area (Å²) in [4.78, 5) is 63.4. The van der Waals surface area contributed by atoms with Crippen molar-refractivity contribution in [2.45, 2.75) is 95.7 Å². The SMILES string of the molecule is C#CCN([C@H](/C=C/C1CC1)[C@H](Cc1ccccc1)OC(=O)NCCCCCC(=O)NO)[C@@H](COC(=O)NCCCCCC(=O)NO)C(=O)OCC. The highest BCUT2D eigenvalue weighted by atomic mass is 16.6. The summed E-state index contributed by atoms with van der Waals surface area (Å²) in [6.45, 7) is 1.84. The number of terminal acetylenes is 1. The Bertz CT molecular complexity index is 1280. The van der Waals surface area contributed by atoms with Crippen molar-refractivity contribution in [1.29, 1.82) is 0 Å². The molecule has 0 radical (unpaired) electrons. The van der Waals surface area contributed by atoms with Crippen LogP contribution in [0.2, 0.25) is 0 Å². The first-order valence-corrected chi connectivity index (χ1v) is 17.5. The summed E-state index contributed by atoms with van der Waals surface area (Å²) in [6.07, 6.45) is 13.6. The molecule has 1 aromatic rings. The van der Waals surface area contributed by atoms with Crippen LogP contribution in [0, 0.1) is 18.3 Å². The second-order valence-corrected chi connectivity index (χ2v) is 12.1. The molecular weight excluding hydrogens is 662 g/mol. The topological polar surface area (TPSA) is 205 Å². The molecule has 0 aromatic heterocycles. The Morgan fingerprint density at radius 2 is 1.51 bits per heavy atom. The zero-order chi connectivity index (χ0) is 37.3. The fourth-order valence-electron chi connectivity index (χ4n) is 5.20. The Balaban J connectivity index is 2.24. The number of benzene rings is 1. The van der Waals surface area contributed by atoms with Gasteiger partial charge in [-0.1, -0.05) is 61.2 Å². The maximum absolute atomic E-state index is 13.5. The van der Waals surface area contributed by atoms with Gasteiger partial charge >= 0.3 is 18.2 Å². The highest BCUT2D eigenvalue weighted by molar-refractivity contribution is 5.77. The zero-order valence-corrected chi connectivity index (χ0v) is 29.3. The number of hydroxylamine groups is 2. The highest BCUT2D eigenvalue weighted by Gasteiger charge is 2.38. The lowest BCUT2D eigenvalue weighted by molar-refractivity contribution is -0.152. The molecule has 0 bridgehead atoms. The van der Waals surface area contributed by atoms with Crippen molar-refractivity contribution in [1.82, 2.24) is 26.5 Å². The van der Waals surface area contributed by atoms with E-state index in [1.165, 1.54) is 0 Å². The van der Waals surface area contributed by atoms with E-state index in [1.807, 2.05) is 42.5 Å². The van der Waals surface area contributed by atoms with Gasteiger partial charge in [0.25, 0.3) is 0 Å². The minimum absolute atomic E-state index is 0.0623. The average molecular weight is 716 g/mol. The van der Waals surface area contributed by atoms with Crippen molar-refractivity contribution in [3.63, 3.8) is 0 Å². The van der Waals surface area contributed by atoms with E-state index < -0.39 is 54.8 Å². The van der Waals surface area contributed by atoms with Crippen LogP contribution in [0.3, 0.4) is 0 Å². The van der Waals surface area contributed by atoms with Crippen LogP contribution in [0.15, 0.2) is 42.5 Å². The van der Waals surface area contributed by atoms with Crippen LogP contribution in [-0.4, -0.2) is 96.3 Å². The van der Waals surface area contributed by atoms with Crippen LogP contribution < -0.4 is 21.6 Å². The fraction of sp³-hybridized carbons (Fsp3) is 0.583. The van der Waals surface area contributed by atoms with Gasteiger partial charge in [-0.2, -0.15) is 0 Å². The third-order valence-corrected chi connectivity index (χ3v) is 8.06. The van der Waals surface area contributed by atoms with Crippen molar-refractivity contribution in [3.05, 3.63) is 48.0 Å². The Morgan fingerprint density at radius 1 is 0.902 bits per heavy atom. The van der Waals surface area contributed by atoms with Crippen molar-refractivity contribution < 1.29 is 48.6 Å². The molecular formula is C36H53N5O10. The van der Waals surface area contributed by atoms with Crippen LogP contribution in [0.1, 0.15) is 76.7 Å². The second-order valence-electron chi connectivity index (χ2n) is 12.1. The number of nitrogens with one attached hydrogen (secondary N) is 4. The molecule has 0 unspecified atom stereocenters. The van der Waals surface area contributed by atoms with Gasteiger partial charge in [-0.3, -0.25) is 29.7 Å². The number of nitrogens with zero attached hydrogens (tertiary/aromatic N) is 1. The Kier molecular flexibility index (Phi) is 21.1. The largest absolute Gasteiger partial charge is 0.465 e. The number of alkyl carbamates (subject to hydrolysis) is 2. The molecule has 51 heavy (non-hydrogen) atoms. The molecule has 282 valence electrons. The first-order chi connectivity index (χ1) is 24.7. The van der Waals surface area contributed by atoms with Crippen molar-refractivity contribution >= 4 is 30.0 Å². The third kappa shape index (κ3) is 18.2. The molecule has 1 aromatic carbocycles. The van der Waals surface area contributed by atoms with Gasteiger partial charge in [0.05, 0.1) is 19.2 Å². The number of allylic oxidation sites excluding steroid dienone is 1. The summed E-state index contributed by atoms with van der Waals surface area (Å²) >= 11 is 0. The standard InChI is InChI=1S/C36H53N5O10/c1-3-24-41(30(34(44)49-4-2)26-50-35(45)37-22-12-6-10-16-32(42)39-47)29(21-20-27-18-19-27)31(25-28-14-8-5-9-15-28)51-36(46)38-23-13-7-11-17-33(43)40-48/h1,5,8-9,14-15,20-21,27,29-31,47-48H,4,6-7,10-13,16-19,22-26H2,2H3,(H,37,45)(H,38,46)(H,39,42)(H,40,43)/b21-20+/t29-,30+,31+/m1/s1. The quantitative estimate of drug-likeness (QED) is 0.0165. The lowest BCUT2D eigenvalue weighted by atomic mass is 9.98. The Hall–Kier alpha value is -4.65. The van der Waals surface area contributed by atoms with Gasteiger partial charge in [-0.15, -0.1) is 6.42 Å². The molecule has 4 amide bonds. The van der Waals surface area contributed by atoms with Crippen LogP contribution >= 0.6 is 0 Å². The third-order valence-electron chi connectivity index (χ3n) is 8.06. The number of carbonyl (C=O) groups excluding carboxylic acids is 5. The number of rotatable bonds is 25. The summed E-state index contributed by atoms with van der Waals surface area (Å²) in [7, 11) is 0. The van der Waals surface area contributed by atoms with Gasteiger partial charge in [0.2, 0.25) is 11.8 Å². The number of amides is 4. The van der Waals surface area contributed by atoms with Crippen molar-refractivity contribution in [2.24, 2.45) is 5.92 Å². The maximum atomic E-state index is 13.5. The normalized spacial score (nSPS) is 14.1. The smallest absolute Gasteiger partial charge is 0.407 e. The van der Waals surface area contributed by atoms with Gasteiger partial charge in [0.15, 0.2) is 0 Å². The molecule has 1 fully saturated rings.